The molecular weight excluding hydrogens is 174 g/mol. The van der Waals surface area contributed by atoms with Crippen molar-refractivity contribution in [2.24, 2.45) is 5.73 Å². The second-order valence-corrected chi connectivity index (χ2v) is 3.73. The summed E-state index contributed by atoms with van der Waals surface area (Å²) in [4.78, 5) is 0. The Morgan fingerprint density at radius 3 is 2.50 bits per heavy atom. The van der Waals surface area contributed by atoms with Crippen LogP contribution < -0.4 is 5.73 Å². The van der Waals surface area contributed by atoms with E-state index in [0.717, 1.165) is 6.42 Å². The van der Waals surface area contributed by atoms with Gasteiger partial charge in [-0.15, -0.1) is 12.4 Å². The van der Waals surface area contributed by atoms with Crippen molar-refractivity contribution < 1.29 is 4.74 Å². The van der Waals surface area contributed by atoms with Crippen LogP contribution in [-0.4, -0.2) is 18.2 Å². The van der Waals surface area contributed by atoms with Gasteiger partial charge in [0.1, 0.15) is 0 Å². The quantitative estimate of drug-likeness (QED) is 0.729. The molecule has 0 heterocycles. The maximum atomic E-state index is 5.82. The van der Waals surface area contributed by atoms with Crippen molar-refractivity contribution in [1.29, 1.82) is 0 Å². The Morgan fingerprint density at radius 1 is 1.33 bits per heavy atom. The van der Waals surface area contributed by atoms with Crippen LogP contribution >= 0.6 is 12.4 Å². The van der Waals surface area contributed by atoms with Gasteiger partial charge in [-0.05, 0) is 39.5 Å². The summed E-state index contributed by atoms with van der Waals surface area (Å²) >= 11 is 0. The molecule has 0 aliphatic heterocycles. The van der Waals surface area contributed by atoms with Gasteiger partial charge in [-0.25, -0.2) is 0 Å². The number of ether oxygens (including phenoxy) is 1. The first kappa shape index (κ1) is 12.2. The van der Waals surface area contributed by atoms with E-state index in [2.05, 4.69) is 13.8 Å². The van der Waals surface area contributed by atoms with Gasteiger partial charge in [-0.2, -0.15) is 0 Å². The van der Waals surface area contributed by atoms with Crippen LogP contribution in [0.1, 0.15) is 39.5 Å². The molecule has 2 atom stereocenters. The largest absolute Gasteiger partial charge is 0.376 e. The van der Waals surface area contributed by atoms with Crippen molar-refractivity contribution in [2.75, 3.05) is 0 Å². The van der Waals surface area contributed by atoms with Gasteiger partial charge in [-0.1, -0.05) is 0 Å². The van der Waals surface area contributed by atoms with Crippen LogP contribution in [0.15, 0.2) is 0 Å². The fourth-order valence-corrected chi connectivity index (χ4v) is 1.69. The first-order valence-electron chi connectivity index (χ1n) is 4.59. The molecule has 74 valence electrons. The van der Waals surface area contributed by atoms with Crippen LogP contribution in [0.25, 0.3) is 0 Å². The molecule has 0 spiro atoms. The van der Waals surface area contributed by atoms with E-state index < -0.39 is 0 Å². The van der Waals surface area contributed by atoms with Gasteiger partial charge < -0.3 is 10.5 Å². The number of hydrogen-bond donors (Lipinski definition) is 1. The number of hydrogen-bond acceptors (Lipinski definition) is 2. The molecule has 0 bridgehead atoms. The maximum absolute atomic E-state index is 5.82. The third kappa shape index (κ3) is 4.29. The van der Waals surface area contributed by atoms with E-state index in [4.69, 9.17) is 10.5 Å². The maximum Gasteiger partial charge on any atom is 0.0593 e. The van der Waals surface area contributed by atoms with E-state index in [1.165, 1.54) is 19.3 Å². The van der Waals surface area contributed by atoms with Crippen LogP contribution in [0.2, 0.25) is 0 Å². The lowest BCUT2D eigenvalue weighted by Crippen LogP contribution is -2.33. The van der Waals surface area contributed by atoms with Crippen LogP contribution in [0.4, 0.5) is 0 Å². The smallest absolute Gasteiger partial charge is 0.0593 e. The second-order valence-electron chi connectivity index (χ2n) is 3.73. The molecule has 2 N–H and O–H groups in total. The minimum atomic E-state index is 0. The van der Waals surface area contributed by atoms with Crippen LogP contribution in [0.3, 0.4) is 0 Å². The molecule has 0 radical (unpaired) electrons. The molecule has 1 fully saturated rings. The summed E-state index contributed by atoms with van der Waals surface area (Å²) in [5.41, 5.74) is 5.82. The van der Waals surface area contributed by atoms with Gasteiger partial charge in [0, 0.05) is 6.04 Å². The Kier molecular flexibility index (Phi) is 5.89. The first-order valence-corrected chi connectivity index (χ1v) is 4.59. The summed E-state index contributed by atoms with van der Waals surface area (Å²) in [6, 6.07) is 0.382. The molecule has 2 unspecified atom stereocenters. The Bertz CT molecular complexity index is 117. The van der Waals surface area contributed by atoms with Crippen molar-refractivity contribution >= 4 is 12.4 Å². The van der Waals surface area contributed by atoms with Gasteiger partial charge in [0.2, 0.25) is 0 Å². The Morgan fingerprint density at radius 2 is 2.00 bits per heavy atom. The second kappa shape index (κ2) is 5.79. The molecule has 1 rings (SSSR count). The summed E-state index contributed by atoms with van der Waals surface area (Å²) in [5, 5.41) is 0. The van der Waals surface area contributed by atoms with Crippen molar-refractivity contribution in [3.05, 3.63) is 0 Å². The fourth-order valence-electron chi connectivity index (χ4n) is 1.69. The van der Waals surface area contributed by atoms with E-state index in [0.29, 0.717) is 18.2 Å². The van der Waals surface area contributed by atoms with E-state index in [9.17, 15) is 0 Å². The summed E-state index contributed by atoms with van der Waals surface area (Å²) in [5.74, 6) is 0. The number of halogens is 1. The van der Waals surface area contributed by atoms with Crippen LogP contribution in [0, 0.1) is 0 Å². The molecule has 1 aliphatic rings. The summed E-state index contributed by atoms with van der Waals surface area (Å²) in [6.45, 7) is 4.17. The molecule has 0 aromatic heterocycles. The summed E-state index contributed by atoms with van der Waals surface area (Å²) in [6.07, 6.45) is 5.45. The van der Waals surface area contributed by atoms with Gasteiger partial charge in [0.15, 0.2) is 0 Å². The molecule has 0 saturated heterocycles. The highest BCUT2D eigenvalue weighted by Gasteiger charge is 2.20. The zero-order chi connectivity index (χ0) is 8.27. The number of rotatable bonds is 2. The monoisotopic (exact) mass is 193 g/mol. The average Bonchev–Trinajstić information content (AvgIpc) is 1.85. The lowest BCUT2D eigenvalue weighted by molar-refractivity contribution is -0.0155. The molecule has 0 amide bonds. The van der Waals surface area contributed by atoms with E-state index in [-0.39, 0.29) is 12.4 Å². The van der Waals surface area contributed by atoms with Crippen LogP contribution in [0.5, 0.6) is 0 Å². The molecule has 1 saturated carbocycles. The van der Waals surface area contributed by atoms with E-state index in [1.807, 2.05) is 0 Å². The zero-order valence-electron chi connectivity index (χ0n) is 7.95. The Hall–Kier alpha value is 0.210. The minimum absolute atomic E-state index is 0. The lowest BCUT2D eigenvalue weighted by Gasteiger charge is -2.28. The molecule has 3 heteroatoms. The number of nitrogens with two attached hydrogens (primary N) is 1. The molecule has 0 aromatic rings. The highest BCUT2D eigenvalue weighted by molar-refractivity contribution is 5.85. The third-order valence-corrected chi connectivity index (χ3v) is 2.13. The van der Waals surface area contributed by atoms with E-state index in [1.54, 1.807) is 0 Å². The molecule has 0 aromatic carbocycles. The third-order valence-electron chi connectivity index (χ3n) is 2.13. The van der Waals surface area contributed by atoms with Crippen molar-refractivity contribution in [1.82, 2.24) is 0 Å². The lowest BCUT2D eigenvalue weighted by atomic mass is 9.93. The van der Waals surface area contributed by atoms with E-state index >= 15 is 0 Å². The predicted molar refractivity (Wildman–Crippen MR) is 53.7 cm³/mol. The standard InChI is InChI=1S/C9H19NO.ClH/c1-7(2)11-9-5-3-4-8(10)6-9;/h7-9H,3-6,10H2,1-2H3;1H. The van der Waals surface area contributed by atoms with Crippen molar-refractivity contribution in [3.63, 3.8) is 0 Å². The van der Waals surface area contributed by atoms with Gasteiger partial charge in [0.05, 0.1) is 12.2 Å². The SMILES string of the molecule is CC(C)OC1CCCC(N)C1.Cl. The first-order chi connectivity index (χ1) is 5.18. The Balaban J connectivity index is 0.00000121. The average molecular weight is 194 g/mol. The highest BCUT2D eigenvalue weighted by Crippen LogP contribution is 2.20. The van der Waals surface area contributed by atoms with Crippen molar-refractivity contribution in [2.45, 2.75) is 57.8 Å². The van der Waals surface area contributed by atoms with Crippen LogP contribution in [-0.2, 0) is 4.74 Å². The Labute approximate surface area is 81.3 Å². The van der Waals surface area contributed by atoms with Gasteiger partial charge in [0.25, 0.3) is 0 Å². The highest BCUT2D eigenvalue weighted by atomic mass is 35.5. The molecule has 12 heavy (non-hydrogen) atoms. The van der Waals surface area contributed by atoms with Crippen molar-refractivity contribution in [3.8, 4) is 0 Å². The topological polar surface area (TPSA) is 35.2 Å². The normalized spacial score (nSPS) is 30.0. The van der Waals surface area contributed by atoms with Gasteiger partial charge >= 0.3 is 0 Å². The summed E-state index contributed by atoms with van der Waals surface area (Å²) in [7, 11) is 0. The predicted octanol–water partition coefficient (Wildman–Crippen LogP) is 2.10. The fraction of sp³-hybridized carbons (Fsp3) is 1.00. The minimum Gasteiger partial charge on any atom is -0.376 e. The molecular formula is C9H20ClNO. The summed E-state index contributed by atoms with van der Waals surface area (Å²) < 4.78 is 5.68. The molecule has 1 aliphatic carbocycles. The van der Waals surface area contributed by atoms with Gasteiger partial charge in [-0.3, -0.25) is 0 Å². The molecule has 2 nitrogen and oxygen atoms in total. The zero-order valence-corrected chi connectivity index (χ0v) is 8.77.